The van der Waals surface area contributed by atoms with Gasteiger partial charge in [0, 0.05) is 13.0 Å². The number of methoxy groups -OCH3 is 1. The molecule has 0 aliphatic heterocycles. The van der Waals surface area contributed by atoms with Crippen molar-refractivity contribution in [2.75, 3.05) is 20.3 Å². The standard InChI is InChI=1S/C27H29N3O3/c1-32-24-14-7-8-15-25(24)33-19-18-30-23-13-6-5-12-22(23)29-26(30)16-9-17-28-27(31)20-21-10-3-2-4-11-21/h2-8,10-15H,9,16-20H2,1H3,(H,28,31). The van der Waals surface area contributed by atoms with Gasteiger partial charge in [0.1, 0.15) is 12.4 Å². The number of nitrogens with zero attached hydrogens (tertiary/aromatic N) is 2. The summed E-state index contributed by atoms with van der Waals surface area (Å²) >= 11 is 0. The molecule has 0 spiro atoms. The van der Waals surface area contributed by atoms with E-state index in [0.717, 1.165) is 46.8 Å². The normalized spacial score (nSPS) is 10.8. The summed E-state index contributed by atoms with van der Waals surface area (Å²) < 4.78 is 13.6. The molecule has 0 atom stereocenters. The van der Waals surface area contributed by atoms with Crippen molar-refractivity contribution >= 4 is 16.9 Å². The van der Waals surface area contributed by atoms with Crippen LogP contribution in [0.15, 0.2) is 78.9 Å². The number of fused-ring (bicyclic) bond motifs is 1. The zero-order chi connectivity index (χ0) is 22.9. The van der Waals surface area contributed by atoms with Crippen LogP contribution in [0.4, 0.5) is 0 Å². The Morgan fingerprint density at radius 1 is 0.939 bits per heavy atom. The molecule has 6 heteroatoms. The molecule has 1 heterocycles. The van der Waals surface area contributed by atoms with Crippen molar-refractivity contribution in [2.24, 2.45) is 0 Å². The number of benzene rings is 3. The summed E-state index contributed by atoms with van der Waals surface area (Å²) in [5, 5.41) is 3.02. The van der Waals surface area contributed by atoms with Crippen molar-refractivity contribution in [3.05, 3.63) is 90.3 Å². The third-order valence-corrected chi connectivity index (χ3v) is 5.48. The zero-order valence-electron chi connectivity index (χ0n) is 18.9. The molecule has 0 saturated carbocycles. The number of amides is 1. The Labute approximate surface area is 194 Å². The van der Waals surface area contributed by atoms with E-state index in [2.05, 4.69) is 16.0 Å². The molecule has 3 aromatic carbocycles. The van der Waals surface area contributed by atoms with Crippen molar-refractivity contribution in [3.63, 3.8) is 0 Å². The summed E-state index contributed by atoms with van der Waals surface area (Å²) in [5.41, 5.74) is 3.08. The van der Waals surface area contributed by atoms with Crippen LogP contribution in [0.5, 0.6) is 11.5 Å². The van der Waals surface area contributed by atoms with E-state index in [1.807, 2.05) is 72.8 Å². The first-order valence-corrected chi connectivity index (χ1v) is 11.2. The van der Waals surface area contributed by atoms with E-state index in [9.17, 15) is 4.79 Å². The van der Waals surface area contributed by atoms with Gasteiger partial charge in [0.2, 0.25) is 5.91 Å². The third-order valence-electron chi connectivity index (χ3n) is 5.48. The van der Waals surface area contributed by atoms with Crippen LogP contribution in [-0.2, 0) is 24.2 Å². The lowest BCUT2D eigenvalue weighted by molar-refractivity contribution is -0.120. The van der Waals surface area contributed by atoms with Gasteiger partial charge in [-0.15, -0.1) is 0 Å². The molecule has 0 bridgehead atoms. The molecule has 4 aromatic rings. The number of ether oxygens (including phenoxy) is 2. The minimum absolute atomic E-state index is 0.0416. The van der Waals surface area contributed by atoms with Crippen LogP contribution in [-0.4, -0.2) is 35.7 Å². The molecule has 0 unspecified atom stereocenters. The largest absolute Gasteiger partial charge is 0.493 e. The quantitative estimate of drug-likeness (QED) is 0.349. The molecule has 4 rings (SSSR count). The Balaban J connectivity index is 1.34. The van der Waals surface area contributed by atoms with Crippen LogP contribution in [0.1, 0.15) is 17.8 Å². The van der Waals surface area contributed by atoms with Crippen LogP contribution < -0.4 is 14.8 Å². The van der Waals surface area contributed by atoms with E-state index in [4.69, 9.17) is 14.5 Å². The fourth-order valence-corrected chi connectivity index (χ4v) is 3.87. The van der Waals surface area contributed by atoms with Crippen molar-refractivity contribution in [3.8, 4) is 11.5 Å². The maximum Gasteiger partial charge on any atom is 0.224 e. The fraction of sp³-hybridized carbons (Fsp3) is 0.259. The first-order chi connectivity index (χ1) is 16.2. The molecule has 1 amide bonds. The first kappa shape index (κ1) is 22.4. The first-order valence-electron chi connectivity index (χ1n) is 11.2. The average Bonchev–Trinajstić information content (AvgIpc) is 3.20. The molecule has 0 fully saturated rings. The lowest BCUT2D eigenvalue weighted by atomic mass is 10.1. The highest BCUT2D eigenvalue weighted by Gasteiger charge is 2.11. The topological polar surface area (TPSA) is 65.4 Å². The summed E-state index contributed by atoms with van der Waals surface area (Å²) in [6, 6.07) is 25.6. The molecule has 170 valence electrons. The van der Waals surface area contributed by atoms with E-state index in [1.165, 1.54) is 0 Å². The smallest absolute Gasteiger partial charge is 0.224 e. The number of para-hydroxylation sites is 4. The number of hydrogen-bond acceptors (Lipinski definition) is 4. The summed E-state index contributed by atoms with van der Waals surface area (Å²) in [6.07, 6.45) is 1.99. The molecule has 6 nitrogen and oxygen atoms in total. The second kappa shape index (κ2) is 11.2. The predicted molar refractivity (Wildman–Crippen MR) is 130 cm³/mol. The molecule has 1 aromatic heterocycles. The van der Waals surface area contributed by atoms with Crippen LogP contribution in [0.25, 0.3) is 11.0 Å². The van der Waals surface area contributed by atoms with Crippen molar-refractivity contribution in [1.29, 1.82) is 0 Å². The fourth-order valence-electron chi connectivity index (χ4n) is 3.87. The number of carbonyl (C=O) groups is 1. The van der Waals surface area contributed by atoms with Crippen molar-refractivity contribution < 1.29 is 14.3 Å². The van der Waals surface area contributed by atoms with Gasteiger partial charge in [0.25, 0.3) is 0 Å². The molecular weight excluding hydrogens is 414 g/mol. The van der Waals surface area contributed by atoms with Crippen molar-refractivity contribution in [1.82, 2.24) is 14.9 Å². The van der Waals surface area contributed by atoms with Gasteiger partial charge in [0.05, 0.1) is 31.1 Å². The zero-order valence-corrected chi connectivity index (χ0v) is 18.9. The SMILES string of the molecule is COc1ccccc1OCCn1c(CCCNC(=O)Cc2ccccc2)nc2ccccc21. The average molecular weight is 444 g/mol. The van der Waals surface area contributed by atoms with Gasteiger partial charge in [0.15, 0.2) is 11.5 Å². The Morgan fingerprint density at radius 3 is 2.48 bits per heavy atom. The number of aryl methyl sites for hydroxylation is 1. The maximum absolute atomic E-state index is 12.2. The Hall–Kier alpha value is -3.80. The number of rotatable bonds is 11. The highest BCUT2D eigenvalue weighted by atomic mass is 16.5. The van der Waals surface area contributed by atoms with Gasteiger partial charge in [-0.2, -0.15) is 0 Å². The van der Waals surface area contributed by atoms with Gasteiger partial charge in [-0.25, -0.2) is 4.98 Å². The highest BCUT2D eigenvalue weighted by Crippen LogP contribution is 2.26. The second-order valence-corrected chi connectivity index (χ2v) is 7.78. The summed E-state index contributed by atoms with van der Waals surface area (Å²) in [5.74, 6) is 2.49. The van der Waals surface area contributed by atoms with E-state index in [-0.39, 0.29) is 5.91 Å². The van der Waals surface area contributed by atoms with Gasteiger partial charge in [-0.3, -0.25) is 4.79 Å². The maximum atomic E-state index is 12.2. The number of hydrogen-bond donors (Lipinski definition) is 1. The monoisotopic (exact) mass is 443 g/mol. The summed E-state index contributed by atoms with van der Waals surface area (Å²) in [7, 11) is 1.64. The Morgan fingerprint density at radius 2 is 1.67 bits per heavy atom. The Kier molecular flexibility index (Phi) is 7.59. The lowest BCUT2D eigenvalue weighted by Gasteiger charge is -2.13. The molecule has 0 aliphatic carbocycles. The highest BCUT2D eigenvalue weighted by molar-refractivity contribution is 5.78. The van der Waals surface area contributed by atoms with Crippen LogP contribution >= 0.6 is 0 Å². The molecular formula is C27H29N3O3. The van der Waals surface area contributed by atoms with Crippen LogP contribution in [0.2, 0.25) is 0 Å². The van der Waals surface area contributed by atoms with Crippen LogP contribution in [0.3, 0.4) is 0 Å². The van der Waals surface area contributed by atoms with Gasteiger partial charge in [-0.05, 0) is 36.2 Å². The van der Waals surface area contributed by atoms with Gasteiger partial charge in [-0.1, -0.05) is 54.6 Å². The second-order valence-electron chi connectivity index (χ2n) is 7.78. The lowest BCUT2D eigenvalue weighted by Crippen LogP contribution is -2.26. The van der Waals surface area contributed by atoms with E-state index in [1.54, 1.807) is 7.11 Å². The minimum Gasteiger partial charge on any atom is -0.493 e. The molecule has 33 heavy (non-hydrogen) atoms. The number of nitrogens with one attached hydrogen (secondary N) is 1. The molecule has 1 N–H and O–H groups in total. The summed E-state index contributed by atoms with van der Waals surface area (Å²) in [4.78, 5) is 17.0. The molecule has 0 radical (unpaired) electrons. The predicted octanol–water partition coefficient (Wildman–Crippen LogP) is 4.42. The number of imidazole rings is 1. The minimum atomic E-state index is 0.0416. The molecule has 0 aliphatic rings. The van der Waals surface area contributed by atoms with E-state index in [0.29, 0.717) is 26.1 Å². The van der Waals surface area contributed by atoms with E-state index >= 15 is 0 Å². The van der Waals surface area contributed by atoms with Gasteiger partial charge < -0.3 is 19.4 Å². The van der Waals surface area contributed by atoms with Crippen molar-refractivity contribution in [2.45, 2.75) is 25.8 Å². The number of carbonyl (C=O) groups excluding carboxylic acids is 1. The summed E-state index contributed by atoms with van der Waals surface area (Å²) in [6.45, 7) is 1.79. The van der Waals surface area contributed by atoms with E-state index < -0.39 is 0 Å². The number of aromatic nitrogens is 2. The molecule has 0 saturated heterocycles. The third kappa shape index (κ3) is 5.92. The van der Waals surface area contributed by atoms with Gasteiger partial charge >= 0.3 is 0 Å². The Bertz CT molecular complexity index is 1190. The van der Waals surface area contributed by atoms with Crippen LogP contribution in [0, 0.1) is 0 Å².